The van der Waals surface area contributed by atoms with E-state index in [1.807, 2.05) is 0 Å². The molecule has 2 aromatic rings. The maximum Gasteiger partial charge on any atom is 0.341 e. The number of hydrogen-bond acceptors (Lipinski definition) is 8. The van der Waals surface area contributed by atoms with Crippen LogP contribution in [-0.2, 0) is 9.59 Å². The highest BCUT2D eigenvalue weighted by Crippen LogP contribution is 2.35. The average Bonchev–Trinajstić information content (AvgIpc) is 3.07. The molecule has 0 bridgehead atoms. The number of carboxylic acids is 1. The van der Waals surface area contributed by atoms with E-state index in [2.05, 4.69) is 10.3 Å². The third-order valence-electron chi connectivity index (χ3n) is 3.92. The van der Waals surface area contributed by atoms with Crippen molar-refractivity contribution in [3.05, 3.63) is 62.0 Å². The number of nitrogens with one attached hydrogen (secondary N) is 1. The minimum absolute atomic E-state index is 0.0574. The quantitative estimate of drug-likeness (QED) is 0.330. The summed E-state index contributed by atoms with van der Waals surface area (Å²) in [4.78, 5) is 38.2. The van der Waals surface area contributed by atoms with Gasteiger partial charge in [-0.25, -0.2) is 9.79 Å². The van der Waals surface area contributed by atoms with Crippen LogP contribution in [0.4, 0.5) is 11.4 Å². The normalized spacial score (nSPS) is 15.6. The Morgan fingerprint density at radius 2 is 2.06 bits per heavy atom. The van der Waals surface area contributed by atoms with E-state index in [4.69, 9.17) is 26.2 Å². The first kappa shape index (κ1) is 23.1. The number of aliphatic imine (C=N–C) groups is 1. The summed E-state index contributed by atoms with van der Waals surface area (Å²) in [5.74, 6) is -0.950. The van der Waals surface area contributed by atoms with E-state index in [1.165, 1.54) is 18.2 Å². The van der Waals surface area contributed by atoms with E-state index in [1.54, 1.807) is 31.2 Å². The molecule has 0 spiro atoms. The smallest absolute Gasteiger partial charge is 0.341 e. The first-order valence-corrected chi connectivity index (χ1v) is 10.3. The number of thioether (sulfide) groups is 1. The SMILES string of the molecule is CCOc1cc(/C=C2/SC(=Nc3ccc(Cl)cc3[N+](=O)[O-])NC2=O)ccc1OCC(=O)O. The Bertz CT molecular complexity index is 1150. The number of hydrogen-bond donors (Lipinski definition) is 2. The van der Waals surface area contributed by atoms with E-state index in [0.29, 0.717) is 22.8 Å². The van der Waals surface area contributed by atoms with Crippen molar-refractivity contribution >= 4 is 57.9 Å². The predicted molar refractivity (Wildman–Crippen MR) is 120 cm³/mol. The molecule has 1 saturated heterocycles. The summed E-state index contributed by atoms with van der Waals surface area (Å²) in [7, 11) is 0. The zero-order valence-electron chi connectivity index (χ0n) is 16.5. The Hall–Kier alpha value is -3.57. The largest absolute Gasteiger partial charge is 0.490 e. The van der Waals surface area contributed by atoms with Crippen LogP contribution in [0.1, 0.15) is 12.5 Å². The van der Waals surface area contributed by atoms with Gasteiger partial charge in [0.25, 0.3) is 11.6 Å². The zero-order chi connectivity index (χ0) is 23.3. The van der Waals surface area contributed by atoms with Gasteiger partial charge in [0.15, 0.2) is 23.3 Å². The molecule has 0 saturated carbocycles. The number of benzene rings is 2. The molecule has 2 N–H and O–H groups in total. The van der Waals surface area contributed by atoms with Crippen molar-refractivity contribution < 1.29 is 29.1 Å². The molecule has 1 heterocycles. The molecule has 166 valence electrons. The molecule has 1 amide bonds. The van der Waals surface area contributed by atoms with Crippen molar-refractivity contribution in [1.82, 2.24) is 5.32 Å². The van der Waals surface area contributed by atoms with E-state index >= 15 is 0 Å². The Morgan fingerprint density at radius 1 is 1.28 bits per heavy atom. The monoisotopic (exact) mass is 477 g/mol. The second-order valence-corrected chi connectivity index (χ2v) is 7.66. The van der Waals surface area contributed by atoms with Gasteiger partial charge in [-0.05, 0) is 54.6 Å². The second kappa shape index (κ2) is 10.2. The lowest BCUT2D eigenvalue weighted by Crippen LogP contribution is -2.19. The van der Waals surface area contributed by atoms with Crippen molar-refractivity contribution in [1.29, 1.82) is 0 Å². The molecule has 1 fully saturated rings. The lowest BCUT2D eigenvalue weighted by atomic mass is 10.2. The van der Waals surface area contributed by atoms with Gasteiger partial charge in [0.1, 0.15) is 5.69 Å². The average molecular weight is 478 g/mol. The van der Waals surface area contributed by atoms with Crippen molar-refractivity contribution in [2.75, 3.05) is 13.2 Å². The molecule has 32 heavy (non-hydrogen) atoms. The summed E-state index contributed by atoms with van der Waals surface area (Å²) in [6.45, 7) is 1.58. The summed E-state index contributed by atoms with van der Waals surface area (Å²) in [6.07, 6.45) is 1.59. The summed E-state index contributed by atoms with van der Waals surface area (Å²) < 4.78 is 10.7. The van der Waals surface area contributed by atoms with Gasteiger partial charge in [-0.15, -0.1) is 0 Å². The number of rotatable bonds is 8. The lowest BCUT2D eigenvalue weighted by molar-refractivity contribution is -0.384. The minimum atomic E-state index is -1.12. The maximum absolute atomic E-state index is 12.3. The van der Waals surface area contributed by atoms with Crippen LogP contribution >= 0.6 is 23.4 Å². The van der Waals surface area contributed by atoms with E-state index in [9.17, 15) is 19.7 Å². The number of nitrogens with zero attached hydrogens (tertiary/aromatic N) is 2. The number of nitro groups is 1. The predicted octanol–water partition coefficient (Wildman–Crippen LogP) is 4.00. The molecule has 0 unspecified atom stereocenters. The van der Waals surface area contributed by atoms with Gasteiger partial charge in [-0.3, -0.25) is 14.9 Å². The standard InChI is InChI=1S/C20H16ClN3O7S/c1-2-30-16-7-11(3-6-15(16)31-10-18(25)26)8-17-19(27)23-20(32-17)22-13-5-4-12(21)9-14(13)24(28)29/h3-9H,2,10H2,1H3,(H,25,26)(H,22,23,27)/b17-8+. The van der Waals surface area contributed by atoms with Gasteiger partial charge in [0.05, 0.1) is 16.4 Å². The number of amidine groups is 1. The third-order valence-corrected chi connectivity index (χ3v) is 5.07. The maximum atomic E-state index is 12.3. The zero-order valence-corrected chi connectivity index (χ0v) is 18.1. The molecule has 0 radical (unpaired) electrons. The number of carbonyl (C=O) groups excluding carboxylic acids is 1. The molecular weight excluding hydrogens is 462 g/mol. The Balaban J connectivity index is 1.85. The van der Waals surface area contributed by atoms with Gasteiger partial charge in [-0.2, -0.15) is 0 Å². The van der Waals surface area contributed by atoms with Crippen LogP contribution in [0.3, 0.4) is 0 Å². The number of halogens is 1. The van der Waals surface area contributed by atoms with Crippen LogP contribution in [0.25, 0.3) is 6.08 Å². The number of ether oxygens (including phenoxy) is 2. The molecule has 1 aliphatic rings. The van der Waals surface area contributed by atoms with E-state index in [-0.39, 0.29) is 27.3 Å². The Morgan fingerprint density at radius 3 is 2.75 bits per heavy atom. The molecule has 12 heteroatoms. The lowest BCUT2D eigenvalue weighted by Gasteiger charge is -2.11. The highest BCUT2D eigenvalue weighted by atomic mass is 35.5. The molecule has 10 nitrogen and oxygen atoms in total. The molecule has 0 aliphatic carbocycles. The molecular formula is C20H16ClN3O7S. The second-order valence-electron chi connectivity index (χ2n) is 6.19. The van der Waals surface area contributed by atoms with Crippen LogP contribution < -0.4 is 14.8 Å². The number of carboxylic acid groups (broad SMARTS) is 1. The first-order chi connectivity index (χ1) is 15.3. The fraction of sp³-hybridized carbons (Fsp3) is 0.150. The highest BCUT2D eigenvalue weighted by Gasteiger charge is 2.25. The number of aliphatic carboxylic acids is 1. The van der Waals surface area contributed by atoms with E-state index < -0.39 is 23.4 Å². The third kappa shape index (κ3) is 5.77. The number of nitro benzene ring substituents is 1. The molecule has 0 atom stereocenters. The summed E-state index contributed by atoms with van der Waals surface area (Å²) in [6, 6.07) is 8.84. The van der Waals surface area contributed by atoms with Gasteiger partial charge < -0.3 is 19.9 Å². The Labute approximate surface area is 191 Å². The van der Waals surface area contributed by atoms with Crippen molar-refractivity contribution in [3.63, 3.8) is 0 Å². The molecule has 1 aliphatic heterocycles. The first-order valence-electron chi connectivity index (χ1n) is 9.11. The van der Waals surface area contributed by atoms with Crippen molar-refractivity contribution in [2.45, 2.75) is 6.92 Å². The fourth-order valence-corrected chi connectivity index (χ4v) is 3.62. The Kier molecular flexibility index (Phi) is 7.33. The summed E-state index contributed by atoms with van der Waals surface area (Å²) >= 11 is 6.83. The fourth-order valence-electron chi connectivity index (χ4n) is 2.62. The van der Waals surface area contributed by atoms with Crippen LogP contribution in [-0.4, -0.2) is 40.3 Å². The van der Waals surface area contributed by atoms with Gasteiger partial charge in [0, 0.05) is 11.1 Å². The van der Waals surface area contributed by atoms with Gasteiger partial charge in [0.2, 0.25) is 0 Å². The topological polar surface area (TPSA) is 140 Å². The number of amides is 1. The van der Waals surface area contributed by atoms with Crippen LogP contribution in [0, 0.1) is 10.1 Å². The summed E-state index contributed by atoms with van der Waals surface area (Å²) in [5.41, 5.74) is 0.380. The van der Waals surface area contributed by atoms with E-state index in [0.717, 1.165) is 11.8 Å². The molecule has 2 aromatic carbocycles. The highest BCUT2D eigenvalue weighted by molar-refractivity contribution is 8.18. The van der Waals surface area contributed by atoms with Crippen molar-refractivity contribution in [2.24, 2.45) is 4.99 Å². The van der Waals surface area contributed by atoms with Gasteiger partial charge >= 0.3 is 5.97 Å². The van der Waals surface area contributed by atoms with Crippen molar-refractivity contribution in [3.8, 4) is 11.5 Å². The number of carbonyl (C=O) groups is 2. The van der Waals surface area contributed by atoms with Gasteiger partial charge in [-0.1, -0.05) is 17.7 Å². The van der Waals surface area contributed by atoms with Crippen LogP contribution in [0.2, 0.25) is 5.02 Å². The minimum Gasteiger partial charge on any atom is -0.490 e. The van der Waals surface area contributed by atoms with Crippen LogP contribution in [0.5, 0.6) is 11.5 Å². The van der Waals surface area contributed by atoms with Crippen LogP contribution in [0.15, 0.2) is 46.3 Å². The molecule has 3 rings (SSSR count). The summed E-state index contributed by atoms with van der Waals surface area (Å²) in [5, 5.41) is 23.0. The molecule has 0 aromatic heterocycles.